The zero-order chi connectivity index (χ0) is 9.10. The van der Waals surface area contributed by atoms with E-state index in [2.05, 4.69) is 20.4 Å². The first-order chi connectivity index (χ1) is 6.42. The van der Waals surface area contributed by atoms with Crippen LogP contribution in [0.2, 0.25) is 0 Å². The molecule has 2 heterocycles. The number of nitrogens with one attached hydrogen (secondary N) is 1. The van der Waals surface area contributed by atoms with E-state index in [9.17, 15) is 0 Å². The molecule has 0 aliphatic rings. The van der Waals surface area contributed by atoms with Gasteiger partial charge in [0.1, 0.15) is 12.7 Å². The standard InChI is InChI=1S/C8H9N5/c1-9-7-4-10-3-2-8(7)13-6-11-5-12-13/h2-6,9H,1H3. The van der Waals surface area contributed by atoms with Crippen LogP contribution in [0, 0.1) is 0 Å². The Balaban J connectivity index is 2.51. The van der Waals surface area contributed by atoms with Crippen molar-refractivity contribution in [2.24, 2.45) is 0 Å². The molecule has 0 aliphatic heterocycles. The van der Waals surface area contributed by atoms with E-state index in [4.69, 9.17) is 0 Å². The Labute approximate surface area is 75.4 Å². The van der Waals surface area contributed by atoms with Crippen LogP contribution in [-0.2, 0) is 0 Å². The molecular formula is C8H9N5. The molecule has 13 heavy (non-hydrogen) atoms. The van der Waals surface area contributed by atoms with Gasteiger partial charge in [0.05, 0.1) is 17.6 Å². The van der Waals surface area contributed by atoms with Crippen molar-refractivity contribution >= 4 is 5.69 Å². The zero-order valence-corrected chi connectivity index (χ0v) is 7.18. The van der Waals surface area contributed by atoms with Crippen LogP contribution in [0.3, 0.4) is 0 Å². The number of nitrogens with zero attached hydrogens (tertiary/aromatic N) is 4. The van der Waals surface area contributed by atoms with Gasteiger partial charge in [0.2, 0.25) is 0 Å². The van der Waals surface area contributed by atoms with E-state index in [1.807, 2.05) is 13.1 Å². The molecule has 0 saturated carbocycles. The molecule has 5 heteroatoms. The molecule has 1 N–H and O–H groups in total. The Kier molecular flexibility index (Phi) is 1.91. The Hall–Kier alpha value is -1.91. The second-order valence-electron chi connectivity index (χ2n) is 2.48. The maximum Gasteiger partial charge on any atom is 0.138 e. The number of hydrogen-bond donors (Lipinski definition) is 1. The van der Waals surface area contributed by atoms with Crippen LogP contribution in [-0.4, -0.2) is 26.8 Å². The SMILES string of the molecule is CNc1cnccc1-n1cncn1. The zero-order valence-electron chi connectivity index (χ0n) is 7.18. The largest absolute Gasteiger partial charge is 0.385 e. The lowest BCUT2D eigenvalue weighted by Crippen LogP contribution is -2.00. The van der Waals surface area contributed by atoms with Crippen LogP contribution in [0.5, 0.6) is 0 Å². The van der Waals surface area contributed by atoms with Crippen molar-refractivity contribution in [3.05, 3.63) is 31.1 Å². The first-order valence-electron chi connectivity index (χ1n) is 3.88. The molecule has 5 nitrogen and oxygen atoms in total. The average Bonchev–Trinajstić information content (AvgIpc) is 2.70. The normalized spacial score (nSPS) is 9.92. The first-order valence-corrected chi connectivity index (χ1v) is 3.88. The van der Waals surface area contributed by atoms with Crippen molar-refractivity contribution < 1.29 is 0 Å². The van der Waals surface area contributed by atoms with Gasteiger partial charge >= 0.3 is 0 Å². The monoisotopic (exact) mass is 175 g/mol. The quantitative estimate of drug-likeness (QED) is 0.730. The molecule has 0 unspecified atom stereocenters. The van der Waals surface area contributed by atoms with Crippen molar-refractivity contribution in [2.45, 2.75) is 0 Å². The van der Waals surface area contributed by atoms with Gasteiger partial charge in [-0.1, -0.05) is 0 Å². The van der Waals surface area contributed by atoms with Crippen molar-refractivity contribution in [1.82, 2.24) is 19.7 Å². The van der Waals surface area contributed by atoms with Gasteiger partial charge in [-0.05, 0) is 6.07 Å². The topological polar surface area (TPSA) is 55.6 Å². The number of aromatic nitrogens is 4. The average molecular weight is 175 g/mol. The molecular weight excluding hydrogens is 166 g/mol. The highest BCUT2D eigenvalue weighted by Crippen LogP contribution is 2.15. The third kappa shape index (κ3) is 1.35. The molecule has 0 saturated heterocycles. The van der Waals surface area contributed by atoms with Crippen molar-refractivity contribution in [1.29, 1.82) is 0 Å². The van der Waals surface area contributed by atoms with Crippen molar-refractivity contribution in [3.8, 4) is 5.69 Å². The van der Waals surface area contributed by atoms with Gasteiger partial charge < -0.3 is 5.32 Å². The molecule has 0 aromatic carbocycles. The molecule has 0 radical (unpaired) electrons. The number of rotatable bonds is 2. The summed E-state index contributed by atoms with van der Waals surface area (Å²) < 4.78 is 1.69. The third-order valence-corrected chi connectivity index (χ3v) is 1.73. The number of anilines is 1. The highest BCUT2D eigenvalue weighted by atomic mass is 15.3. The van der Waals surface area contributed by atoms with Gasteiger partial charge in [-0.3, -0.25) is 4.98 Å². The maximum atomic E-state index is 4.03. The lowest BCUT2D eigenvalue weighted by molar-refractivity contribution is 0.877. The molecule has 2 aromatic heterocycles. The van der Waals surface area contributed by atoms with E-state index in [1.54, 1.807) is 23.4 Å². The summed E-state index contributed by atoms with van der Waals surface area (Å²) in [5, 5.41) is 7.07. The third-order valence-electron chi connectivity index (χ3n) is 1.73. The molecule has 0 spiro atoms. The highest BCUT2D eigenvalue weighted by Gasteiger charge is 2.01. The highest BCUT2D eigenvalue weighted by molar-refractivity contribution is 5.58. The van der Waals surface area contributed by atoms with Crippen LogP contribution in [0.1, 0.15) is 0 Å². The molecule has 0 amide bonds. The summed E-state index contributed by atoms with van der Waals surface area (Å²) in [6.45, 7) is 0. The second-order valence-corrected chi connectivity index (χ2v) is 2.48. The van der Waals surface area contributed by atoms with Gasteiger partial charge in [0.25, 0.3) is 0 Å². The van der Waals surface area contributed by atoms with Crippen LogP contribution >= 0.6 is 0 Å². The molecule has 66 valence electrons. The van der Waals surface area contributed by atoms with Gasteiger partial charge in [0.15, 0.2) is 0 Å². The molecule has 2 rings (SSSR count). The van der Waals surface area contributed by atoms with E-state index in [0.717, 1.165) is 11.4 Å². The van der Waals surface area contributed by atoms with Crippen molar-refractivity contribution in [3.63, 3.8) is 0 Å². The van der Waals surface area contributed by atoms with E-state index < -0.39 is 0 Å². The number of pyridine rings is 1. The summed E-state index contributed by atoms with van der Waals surface area (Å²) in [6, 6.07) is 1.88. The molecule has 0 fully saturated rings. The molecule has 0 bridgehead atoms. The fourth-order valence-corrected chi connectivity index (χ4v) is 1.11. The molecule has 2 aromatic rings. The summed E-state index contributed by atoms with van der Waals surface area (Å²) in [5.41, 5.74) is 1.86. The van der Waals surface area contributed by atoms with Crippen LogP contribution in [0.4, 0.5) is 5.69 Å². The summed E-state index contributed by atoms with van der Waals surface area (Å²) in [6.07, 6.45) is 6.62. The van der Waals surface area contributed by atoms with Crippen LogP contribution < -0.4 is 5.32 Å². The summed E-state index contributed by atoms with van der Waals surface area (Å²) in [7, 11) is 1.84. The minimum atomic E-state index is 0.924. The van der Waals surface area contributed by atoms with E-state index in [1.165, 1.54) is 6.33 Å². The first kappa shape index (κ1) is 7.72. The molecule has 0 aliphatic carbocycles. The Bertz CT molecular complexity index is 381. The van der Waals surface area contributed by atoms with Crippen LogP contribution in [0.15, 0.2) is 31.1 Å². The fourth-order valence-electron chi connectivity index (χ4n) is 1.11. The lowest BCUT2D eigenvalue weighted by Gasteiger charge is -2.06. The van der Waals surface area contributed by atoms with Crippen LogP contribution in [0.25, 0.3) is 5.69 Å². The Morgan fingerprint density at radius 1 is 1.38 bits per heavy atom. The minimum absolute atomic E-state index is 0.924. The van der Waals surface area contributed by atoms with E-state index in [-0.39, 0.29) is 0 Å². The lowest BCUT2D eigenvalue weighted by atomic mass is 10.3. The Morgan fingerprint density at radius 2 is 2.31 bits per heavy atom. The van der Waals surface area contributed by atoms with Gasteiger partial charge in [-0.2, -0.15) is 5.10 Å². The predicted octanol–water partition coefficient (Wildman–Crippen LogP) is 0.704. The van der Waals surface area contributed by atoms with E-state index >= 15 is 0 Å². The van der Waals surface area contributed by atoms with Gasteiger partial charge in [-0.25, -0.2) is 9.67 Å². The fraction of sp³-hybridized carbons (Fsp3) is 0.125. The number of hydrogen-bond acceptors (Lipinski definition) is 4. The Morgan fingerprint density at radius 3 is 3.00 bits per heavy atom. The van der Waals surface area contributed by atoms with Gasteiger partial charge in [-0.15, -0.1) is 0 Å². The summed E-state index contributed by atoms with van der Waals surface area (Å²) in [5.74, 6) is 0. The maximum absolute atomic E-state index is 4.03. The van der Waals surface area contributed by atoms with Gasteiger partial charge in [0, 0.05) is 13.2 Å². The van der Waals surface area contributed by atoms with Crippen molar-refractivity contribution in [2.75, 3.05) is 12.4 Å². The summed E-state index contributed by atoms with van der Waals surface area (Å²) >= 11 is 0. The smallest absolute Gasteiger partial charge is 0.138 e. The summed E-state index contributed by atoms with van der Waals surface area (Å²) in [4.78, 5) is 7.88. The molecule has 0 atom stereocenters. The second kappa shape index (κ2) is 3.22. The minimum Gasteiger partial charge on any atom is -0.385 e. The van der Waals surface area contributed by atoms with E-state index in [0.29, 0.717) is 0 Å². The predicted molar refractivity (Wildman–Crippen MR) is 48.7 cm³/mol.